The molecule has 0 atom stereocenters. The molecule has 1 aliphatic rings. The normalized spacial score (nSPS) is 15.1. The molecule has 0 bridgehead atoms. The zero-order valence-corrected chi connectivity index (χ0v) is 17.3. The van der Waals surface area contributed by atoms with Gasteiger partial charge in [0.1, 0.15) is 5.75 Å². The number of aryl methyl sites for hydroxylation is 1. The van der Waals surface area contributed by atoms with Crippen LogP contribution in [0.1, 0.15) is 12.1 Å². The molecule has 140 valence electrons. The minimum atomic E-state index is -0.0892. The minimum Gasteiger partial charge on any atom is -0.482 e. The molecule has 9 heteroatoms. The van der Waals surface area contributed by atoms with Crippen LogP contribution >= 0.6 is 46.1 Å². The van der Waals surface area contributed by atoms with E-state index in [1.807, 2.05) is 17.2 Å². The van der Waals surface area contributed by atoms with Gasteiger partial charge >= 0.3 is 0 Å². The van der Waals surface area contributed by atoms with Gasteiger partial charge in [0.15, 0.2) is 11.7 Å². The quantitative estimate of drug-likeness (QED) is 0.663. The molecule has 1 fully saturated rings. The number of nitrogens with zero attached hydrogens (tertiary/aromatic N) is 3. The van der Waals surface area contributed by atoms with Crippen molar-refractivity contribution in [2.24, 2.45) is 0 Å². The SMILES string of the molecule is Cc1csc(N2CCCN(C(=O)COc3cc(Cl)c(Cl)cc3Cl)CC2)n1. The molecule has 26 heavy (non-hydrogen) atoms. The Morgan fingerprint density at radius 1 is 1.15 bits per heavy atom. The molecule has 1 aromatic carbocycles. The molecule has 5 nitrogen and oxygen atoms in total. The maximum absolute atomic E-state index is 12.5. The minimum absolute atomic E-state index is 0.0793. The van der Waals surface area contributed by atoms with Crippen LogP contribution in [0.25, 0.3) is 0 Å². The summed E-state index contributed by atoms with van der Waals surface area (Å²) in [6.07, 6.45) is 0.887. The molecule has 2 aromatic rings. The van der Waals surface area contributed by atoms with Crippen LogP contribution in [-0.4, -0.2) is 48.6 Å². The summed E-state index contributed by atoms with van der Waals surface area (Å²) in [4.78, 5) is 21.1. The first-order chi connectivity index (χ1) is 12.4. The van der Waals surface area contributed by atoms with Gasteiger partial charge in [-0.3, -0.25) is 4.79 Å². The Bertz CT molecular complexity index is 800. The second kappa shape index (κ2) is 8.65. The highest BCUT2D eigenvalue weighted by Crippen LogP contribution is 2.33. The Morgan fingerprint density at radius 3 is 2.65 bits per heavy atom. The van der Waals surface area contributed by atoms with Gasteiger partial charge in [0.2, 0.25) is 0 Å². The Balaban J connectivity index is 1.56. The van der Waals surface area contributed by atoms with Crippen molar-refractivity contribution < 1.29 is 9.53 Å². The third kappa shape index (κ3) is 4.74. The van der Waals surface area contributed by atoms with Crippen molar-refractivity contribution in [1.29, 1.82) is 0 Å². The van der Waals surface area contributed by atoms with E-state index in [0.717, 1.165) is 30.3 Å². The Hall–Kier alpha value is -1.21. The first kappa shape index (κ1) is 19.5. The molecule has 1 aliphatic heterocycles. The number of anilines is 1. The van der Waals surface area contributed by atoms with Crippen LogP contribution in [0.15, 0.2) is 17.5 Å². The lowest BCUT2D eigenvalue weighted by Gasteiger charge is -2.22. The van der Waals surface area contributed by atoms with Gasteiger partial charge in [-0.05, 0) is 19.4 Å². The monoisotopic (exact) mass is 433 g/mol. The number of hydrogen-bond acceptors (Lipinski definition) is 5. The number of halogens is 3. The van der Waals surface area contributed by atoms with E-state index in [0.29, 0.717) is 33.9 Å². The molecule has 0 saturated carbocycles. The van der Waals surface area contributed by atoms with Crippen LogP contribution in [0.2, 0.25) is 15.1 Å². The summed E-state index contributed by atoms with van der Waals surface area (Å²) in [6.45, 7) is 4.86. The van der Waals surface area contributed by atoms with E-state index in [1.165, 1.54) is 12.1 Å². The van der Waals surface area contributed by atoms with Crippen molar-refractivity contribution in [3.8, 4) is 5.75 Å². The van der Waals surface area contributed by atoms with E-state index in [-0.39, 0.29) is 12.5 Å². The van der Waals surface area contributed by atoms with Crippen LogP contribution in [0.5, 0.6) is 5.75 Å². The molecule has 2 heterocycles. The Kier molecular flexibility index (Phi) is 6.51. The van der Waals surface area contributed by atoms with Crippen molar-refractivity contribution >= 4 is 57.2 Å². The van der Waals surface area contributed by atoms with Crippen LogP contribution in [0, 0.1) is 6.92 Å². The molecule has 1 amide bonds. The van der Waals surface area contributed by atoms with Crippen molar-refractivity contribution in [2.45, 2.75) is 13.3 Å². The predicted molar refractivity (Wildman–Crippen MR) is 107 cm³/mol. The van der Waals surface area contributed by atoms with Gasteiger partial charge < -0.3 is 14.5 Å². The lowest BCUT2D eigenvalue weighted by molar-refractivity contribution is -0.133. The van der Waals surface area contributed by atoms with Gasteiger partial charge in [-0.25, -0.2) is 4.98 Å². The number of carbonyl (C=O) groups excluding carboxylic acids is 1. The zero-order valence-electron chi connectivity index (χ0n) is 14.2. The molecule has 0 aliphatic carbocycles. The summed E-state index contributed by atoms with van der Waals surface area (Å²) in [6, 6.07) is 3.03. The number of hydrogen-bond donors (Lipinski definition) is 0. The number of carbonyl (C=O) groups is 1. The highest BCUT2D eigenvalue weighted by atomic mass is 35.5. The molecule has 3 rings (SSSR count). The highest BCUT2D eigenvalue weighted by Gasteiger charge is 2.21. The fourth-order valence-electron chi connectivity index (χ4n) is 2.69. The Labute approximate surface area is 171 Å². The van der Waals surface area contributed by atoms with Crippen LogP contribution in [0.3, 0.4) is 0 Å². The average molecular weight is 435 g/mol. The molecular formula is C17H18Cl3N3O2S. The smallest absolute Gasteiger partial charge is 0.260 e. The van der Waals surface area contributed by atoms with Crippen molar-refractivity contribution in [3.05, 3.63) is 38.3 Å². The molecular weight excluding hydrogens is 417 g/mol. The van der Waals surface area contributed by atoms with E-state index in [4.69, 9.17) is 39.5 Å². The number of amides is 1. The van der Waals surface area contributed by atoms with Crippen molar-refractivity contribution in [2.75, 3.05) is 37.7 Å². The summed E-state index contributed by atoms with van der Waals surface area (Å²) in [5.41, 5.74) is 1.02. The summed E-state index contributed by atoms with van der Waals surface area (Å²) in [5, 5.41) is 4.06. The maximum Gasteiger partial charge on any atom is 0.260 e. The number of benzene rings is 1. The molecule has 0 spiro atoms. The second-order valence-corrected chi connectivity index (χ2v) is 8.04. The maximum atomic E-state index is 12.5. The lowest BCUT2D eigenvalue weighted by atomic mass is 10.3. The molecule has 1 saturated heterocycles. The lowest BCUT2D eigenvalue weighted by Crippen LogP contribution is -2.38. The van der Waals surface area contributed by atoms with Crippen LogP contribution in [-0.2, 0) is 4.79 Å². The van der Waals surface area contributed by atoms with Crippen molar-refractivity contribution in [3.63, 3.8) is 0 Å². The van der Waals surface area contributed by atoms with E-state index < -0.39 is 0 Å². The number of aromatic nitrogens is 1. The largest absolute Gasteiger partial charge is 0.482 e. The highest BCUT2D eigenvalue weighted by molar-refractivity contribution is 7.13. The molecule has 0 radical (unpaired) electrons. The first-order valence-corrected chi connectivity index (χ1v) is 10.2. The predicted octanol–water partition coefficient (Wildman–Crippen LogP) is 4.53. The molecule has 0 N–H and O–H groups in total. The van der Waals surface area contributed by atoms with Gasteiger partial charge in [0.05, 0.1) is 20.8 Å². The number of ether oxygens (including phenoxy) is 1. The van der Waals surface area contributed by atoms with Crippen molar-refractivity contribution in [1.82, 2.24) is 9.88 Å². The van der Waals surface area contributed by atoms with Gasteiger partial charge in [-0.1, -0.05) is 34.8 Å². The summed E-state index contributed by atoms with van der Waals surface area (Å²) in [5.74, 6) is 0.272. The Morgan fingerprint density at radius 2 is 1.92 bits per heavy atom. The van der Waals surface area contributed by atoms with E-state index in [1.54, 1.807) is 11.3 Å². The van der Waals surface area contributed by atoms with Gasteiger partial charge in [0.25, 0.3) is 5.91 Å². The van der Waals surface area contributed by atoms with E-state index in [9.17, 15) is 4.79 Å². The van der Waals surface area contributed by atoms with E-state index >= 15 is 0 Å². The summed E-state index contributed by atoms with van der Waals surface area (Å²) < 4.78 is 5.55. The second-order valence-electron chi connectivity index (χ2n) is 5.98. The van der Waals surface area contributed by atoms with Crippen LogP contribution in [0.4, 0.5) is 5.13 Å². The summed E-state index contributed by atoms with van der Waals surface area (Å²) >= 11 is 19.6. The third-order valence-electron chi connectivity index (χ3n) is 4.05. The summed E-state index contributed by atoms with van der Waals surface area (Å²) in [7, 11) is 0. The molecule has 1 aromatic heterocycles. The topological polar surface area (TPSA) is 45.7 Å². The fourth-order valence-corrected chi connectivity index (χ4v) is 4.14. The number of thiazole rings is 1. The first-order valence-electron chi connectivity index (χ1n) is 8.16. The van der Waals surface area contributed by atoms with E-state index in [2.05, 4.69) is 9.88 Å². The average Bonchev–Trinajstić information content (AvgIpc) is 2.89. The zero-order chi connectivity index (χ0) is 18.7. The van der Waals surface area contributed by atoms with Gasteiger partial charge in [-0.2, -0.15) is 0 Å². The standard InChI is InChI=1S/C17H18Cl3N3O2S/c1-11-10-26-17(21-11)23-4-2-3-22(5-6-23)16(24)9-25-15-8-13(19)12(18)7-14(15)20/h7-8,10H,2-6,9H2,1H3. The van der Waals surface area contributed by atoms with Gasteiger partial charge in [-0.15, -0.1) is 11.3 Å². The number of rotatable bonds is 4. The van der Waals surface area contributed by atoms with Crippen LogP contribution < -0.4 is 9.64 Å². The fraction of sp³-hybridized carbons (Fsp3) is 0.412. The van der Waals surface area contributed by atoms with Gasteiger partial charge in [0, 0.05) is 37.6 Å². The molecule has 0 unspecified atom stereocenters. The third-order valence-corrected chi connectivity index (χ3v) is 6.09.